The van der Waals surface area contributed by atoms with Gasteiger partial charge in [0.05, 0.1) is 32.4 Å². The molecule has 16 heteroatoms. The molecule has 0 atom stereocenters. The van der Waals surface area contributed by atoms with Gasteiger partial charge in [0.25, 0.3) is 6.26 Å². The van der Waals surface area contributed by atoms with Crippen molar-refractivity contribution in [3.8, 4) is 6.26 Å². The van der Waals surface area contributed by atoms with Crippen LogP contribution in [0.25, 0.3) is 0 Å². The van der Waals surface area contributed by atoms with Gasteiger partial charge in [-0.1, -0.05) is 0 Å². The number of hydrogen-bond acceptors (Lipinski definition) is 11. The molecule has 96 valence electrons. The van der Waals surface area contributed by atoms with E-state index in [0.29, 0.717) is 0 Å². The second-order valence-electron chi connectivity index (χ2n) is 0.667. The van der Waals surface area contributed by atoms with Gasteiger partial charge in [0.1, 0.15) is 0 Å². The van der Waals surface area contributed by atoms with Crippen LogP contribution in [0.5, 0.6) is 0 Å². The predicted octanol–water partition coefficient (Wildman–Crippen LogP) is -14.2. The zero-order valence-electron chi connectivity index (χ0n) is 7.70. The molecular weight excluding hydrogens is 539 g/mol. The summed E-state index contributed by atoms with van der Waals surface area (Å²) in [6, 6.07) is 0. The normalized spacial score (nSPS) is 6.76. The third-order valence-corrected chi connectivity index (χ3v) is 0. The molecule has 0 aromatic rings. The van der Waals surface area contributed by atoms with E-state index in [2.05, 4.69) is 0 Å². The number of aliphatic hydroxyl groups excluding tert-OH is 1. The number of halogens is 3. The van der Waals surface area contributed by atoms with Gasteiger partial charge in [-0.2, -0.15) is 5.26 Å². The zero-order valence-corrected chi connectivity index (χ0v) is 17.0. The minimum absolute atomic E-state index is 0. The van der Waals surface area contributed by atoms with Crippen LogP contribution in [0.1, 0.15) is 0 Å². The van der Waals surface area contributed by atoms with Gasteiger partial charge in [0, 0.05) is 0 Å². The van der Waals surface area contributed by atoms with Crippen LogP contribution >= 0.6 is 0 Å². The van der Waals surface area contributed by atoms with E-state index in [9.17, 15) is 0 Å². The van der Waals surface area contributed by atoms with Crippen molar-refractivity contribution < 1.29 is 131 Å². The summed E-state index contributed by atoms with van der Waals surface area (Å²) in [5.41, 5.74) is 0. The SMILES string of the molecule is N#CO.[K+].[O-][Cl+2]([O-])[O-].[O-][Cl+2]([O-])[O-].[O-][Cl+2]([O-])[O-].[Pb+2]. The van der Waals surface area contributed by atoms with E-state index in [4.69, 9.17) is 52.3 Å². The Morgan fingerprint density at radius 1 is 0.706 bits per heavy atom. The summed E-state index contributed by atoms with van der Waals surface area (Å²) in [7, 11) is -8.56. The molecule has 0 aromatic heterocycles. The van der Waals surface area contributed by atoms with Gasteiger partial charge in [-0.25, -0.2) is 0 Å². The van der Waals surface area contributed by atoms with Crippen LogP contribution in [0.3, 0.4) is 0 Å². The number of nitrogens with zero attached hydrogens (tertiary/aromatic N) is 1. The van der Waals surface area contributed by atoms with E-state index in [1.807, 2.05) is 0 Å². The fourth-order valence-electron chi connectivity index (χ4n) is 0. The van der Waals surface area contributed by atoms with Crippen molar-refractivity contribution in [2.24, 2.45) is 0 Å². The van der Waals surface area contributed by atoms with E-state index in [-0.39, 0.29) is 78.7 Å². The monoisotopic (exact) mass is 539 g/mol. The topological polar surface area (TPSA) is 252 Å². The van der Waals surface area contributed by atoms with Crippen LogP contribution in [0.15, 0.2) is 0 Å². The molecule has 11 nitrogen and oxygen atoms in total. The molecule has 0 amide bonds. The Kier molecular flexibility index (Phi) is 77.9. The smallest absolute Gasteiger partial charge is 0.443 e. The molecule has 17 heavy (non-hydrogen) atoms. The molecule has 0 saturated carbocycles. The average Bonchev–Trinajstić information content (AvgIpc) is 1.81. The van der Waals surface area contributed by atoms with E-state index < -0.39 is 32.4 Å². The van der Waals surface area contributed by atoms with Crippen LogP contribution in [-0.4, -0.2) is 32.4 Å². The molecule has 0 spiro atoms. The molecule has 0 bridgehead atoms. The quantitative estimate of drug-likeness (QED) is 0.223. The second-order valence-corrected chi connectivity index (χ2v) is 1.80. The summed E-state index contributed by atoms with van der Waals surface area (Å²) in [5, 5.41) is 13.8. The van der Waals surface area contributed by atoms with Crippen LogP contribution in [-0.2, 0) is 0 Å². The summed E-state index contributed by atoms with van der Waals surface area (Å²) in [5.74, 6) is 0. The average molecular weight is 540 g/mol. The van der Waals surface area contributed by atoms with E-state index in [0.717, 1.165) is 6.26 Å². The third kappa shape index (κ3) is 883. The maximum absolute atomic E-state index is 8.41. The van der Waals surface area contributed by atoms with Crippen molar-refractivity contribution in [3.63, 3.8) is 0 Å². The Bertz CT molecular complexity index is 111. The van der Waals surface area contributed by atoms with Crippen LogP contribution in [0.2, 0.25) is 0 Å². The number of rotatable bonds is 0. The molecule has 0 aliphatic carbocycles. The maximum atomic E-state index is 8.41. The number of nitriles is 1. The van der Waals surface area contributed by atoms with Crippen molar-refractivity contribution in [2.45, 2.75) is 0 Å². The van der Waals surface area contributed by atoms with E-state index in [1.54, 1.807) is 0 Å². The van der Waals surface area contributed by atoms with Gasteiger partial charge in [-0.05, 0) is 0 Å². The molecule has 0 fully saturated rings. The zero-order chi connectivity index (χ0) is 13.4. The molecule has 1 N–H and O–H groups in total. The number of hydrogen-bond donors (Lipinski definition) is 1. The van der Waals surface area contributed by atoms with Crippen molar-refractivity contribution in [1.82, 2.24) is 0 Å². The van der Waals surface area contributed by atoms with Gasteiger partial charge >= 0.3 is 78.7 Å². The molecule has 0 aliphatic rings. The first-order valence-electron chi connectivity index (χ1n) is 1.84. The van der Waals surface area contributed by atoms with Crippen LogP contribution < -0.4 is 93.3 Å². The predicted molar refractivity (Wildman–Crippen MR) is 13.3 cm³/mol. The molecule has 0 heterocycles. The van der Waals surface area contributed by atoms with Crippen molar-refractivity contribution >= 4 is 27.3 Å². The van der Waals surface area contributed by atoms with Gasteiger partial charge in [-0.3, -0.25) is 0 Å². The molecule has 2 radical (unpaired) electrons. The molecule has 0 aromatic carbocycles. The maximum Gasteiger partial charge on any atom is 2.00 e. The molecule has 0 unspecified atom stereocenters. The first kappa shape index (κ1) is 36.6. The van der Waals surface area contributed by atoms with Crippen molar-refractivity contribution in [2.75, 3.05) is 0 Å². The Labute approximate surface area is 167 Å². The fraction of sp³-hybridized carbons (Fsp3) is 0. The van der Waals surface area contributed by atoms with E-state index >= 15 is 0 Å². The Balaban J connectivity index is -0.0000000230. The third-order valence-electron chi connectivity index (χ3n) is 0. The first-order valence-corrected chi connectivity index (χ1v) is 4.61. The summed E-state index contributed by atoms with van der Waals surface area (Å²) < 4.78 is 75.7. The van der Waals surface area contributed by atoms with Gasteiger partial charge in [0.15, 0.2) is 0 Å². The van der Waals surface area contributed by atoms with E-state index in [1.165, 1.54) is 0 Å². The Morgan fingerprint density at radius 2 is 0.706 bits per heavy atom. The summed E-state index contributed by atoms with van der Waals surface area (Å²) in [4.78, 5) is 0. The van der Waals surface area contributed by atoms with Crippen molar-refractivity contribution in [1.29, 1.82) is 5.26 Å². The second kappa shape index (κ2) is 36.2. The minimum Gasteiger partial charge on any atom is -0.443 e. The molecule has 0 rings (SSSR count). The fourth-order valence-corrected chi connectivity index (χ4v) is 0. The summed E-state index contributed by atoms with van der Waals surface area (Å²) in [6.07, 6.45) is 0.750. The molecule has 0 aliphatic heterocycles. The molecular formula is CHCl3KNO10Pb. The summed E-state index contributed by atoms with van der Waals surface area (Å²) >= 11 is 0. The first-order chi connectivity index (χ1) is 6.61. The van der Waals surface area contributed by atoms with Crippen LogP contribution in [0, 0.1) is 43.9 Å². The van der Waals surface area contributed by atoms with Crippen LogP contribution in [0.4, 0.5) is 0 Å². The van der Waals surface area contributed by atoms with Gasteiger partial charge in [-0.15, -0.1) is 0 Å². The Morgan fingerprint density at radius 3 is 0.706 bits per heavy atom. The van der Waals surface area contributed by atoms with Gasteiger partial charge < -0.3 is 47.0 Å². The minimum atomic E-state index is -2.85. The van der Waals surface area contributed by atoms with Gasteiger partial charge in [0.2, 0.25) is 0 Å². The Hall–Kier alpha value is 2.36. The summed E-state index contributed by atoms with van der Waals surface area (Å²) in [6.45, 7) is 0. The number of aliphatic hydroxyl groups is 1. The van der Waals surface area contributed by atoms with Crippen molar-refractivity contribution in [3.05, 3.63) is 0 Å². The standard InChI is InChI=1S/CHNO.3ClO3.K.Pb/c2-1-3;3*2-1(3)4;;/h3H;;;;;/q;3*-1;+1;+2. The molecule has 0 saturated heterocycles. The largest absolute Gasteiger partial charge is 2.00 e.